The lowest BCUT2D eigenvalue weighted by Crippen LogP contribution is -2.31. The van der Waals surface area contributed by atoms with Gasteiger partial charge in [0.05, 0.1) is 23.5 Å². The van der Waals surface area contributed by atoms with Crippen LogP contribution in [0.4, 0.5) is 11.4 Å². The summed E-state index contributed by atoms with van der Waals surface area (Å²) in [5, 5.41) is 4.27. The van der Waals surface area contributed by atoms with Gasteiger partial charge in [0.25, 0.3) is 0 Å². The van der Waals surface area contributed by atoms with E-state index in [0.29, 0.717) is 11.8 Å². The number of rotatable bonds is 18. The zero-order chi connectivity index (χ0) is 45.8. The third kappa shape index (κ3) is 8.06. The molecule has 8 aromatic heterocycles. The van der Waals surface area contributed by atoms with Gasteiger partial charge in [-0.25, -0.2) is 0 Å². The highest BCUT2D eigenvalue weighted by Gasteiger charge is 2.48. The van der Waals surface area contributed by atoms with E-state index in [4.69, 9.17) is 29.0 Å². The van der Waals surface area contributed by atoms with E-state index in [1.165, 1.54) is 125 Å². The first kappa shape index (κ1) is 45.3. The number of anilines is 2. The number of nitrogens with two attached hydrogens (primary N) is 2. The Morgan fingerprint density at radius 3 is 1.33 bits per heavy atom. The molecule has 0 amide bonds. The smallest absolute Gasteiger partial charge is 0.116 e. The minimum absolute atomic E-state index is 0.163. The zero-order valence-corrected chi connectivity index (χ0v) is 44.6. The van der Waals surface area contributed by atoms with Crippen LogP contribution >= 0.6 is 91.5 Å². The van der Waals surface area contributed by atoms with Crippen LogP contribution in [0.1, 0.15) is 103 Å². The Hall–Kier alpha value is -4.12. The number of thiophene rings is 6. The topological polar surface area (TPSA) is 104 Å². The second-order valence-electron chi connectivity index (χ2n) is 18.0. The predicted molar refractivity (Wildman–Crippen MR) is 299 cm³/mol. The highest BCUT2D eigenvalue weighted by Crippen LogP contribution is 2.64. The van der Waals surface area contributed by atoms with Gasteiger partial charge >= 0.3 is 0 Å². The maximum absolute atomic E-state index is 7.26. The van der Waals surface area contributed by atoms with E-state index >= 15 is 0 Å². The summed E-state index contributed by atoms with van der Waals surface area (Å²) >= 11 is 13.5. The Bertz CT molecular complexity index is 3100. The zero-order valence-electron chi connectivity index (χ0n) is 38.0. The molecule has 67 heavy (non-hydrogen) atoms. The van der Waals surface area contributed by atoms with Gasteiger partial charge in [0.2, 0.25) is 0 Å². The van der Waals surface area contributed by atoms with Gasteiger partial charge in [-0.2, -0.15) is 17.5 Å². The van der Waals surface area contributed by atoms with Crippen LogP contribution in [0.2, 0.25) is 0 Å². The first-order valence-electron chi connectivity index (χ1n) is 23.5. The van der Waals surface area contributed by atoms with Gasteiger partial charge in [-0.05, 0) is 107 Å². The lowest BCUT2D eigenvalue weighted by atomic mass is 9.65. The van der Waals surface area contributed by atoms with Crippen LogP contribution in [0, 0.1) is 11.8 Å². The van der Waals surface area contributed by atoms with Gasteiger partial charge in [-0.1, -0.05) is 91.2 Å². The molecule has 2 atom stereocenters. The molecule has 0 aliphatic heterocycles. The van der Waals surface area contributed by atoms with E-state index in [9.17, 15) is 0 Å². The number of hydrogen-bond donors (Lipinski definition) is 2. The van der Waals surface area contributed by atoms with Crippen molar-refractivity contribution in [2.75, 3.05) is 11.5 Å². The third-order valence-corrected chi connectivity index (χ3v) is 21.9. The van der Waals surface area contributed by atoms with E-state index in [1.54, 1.807) is 45.3 Å². The number of fused-ring (bicyclic) bond motifs is 5. The molecule has 2 aromatic carbocycles. The van der Waals surface area contributed by atoms with Gasteiger partial charge in [0.1, 0.15) is 22.1 Å². The maximum atomic E-state index is 7.26. The fraction of sp³-hybridized carbons (Fsp3) is 0.321. The van der Waals surface area contributed by atoms with Crippen molar-refractivity contribution in [2.24, 2.45) is 11.8 Å². The minimum Gasteiger partial charge on any atom is -0.398 e. The molecule has 1 aliphatic carbocycles. The average molecular weight is 1030 g/mol. The Labute approximate surface area is 425 Å². The average Bonchev–Trinajstić information content (AvgIpc) is 4.19. The first-order chi connectivity index (χ1) is 32.8. The molecule has 0 fully saturated rings. The molecule has 0 spiro atoms. The monoisotopic (exact) mass is 1030 g/mol. The number of nitrogens with zero attached hydrogens (tertiary/aromatic N) is 4. The SMILES string of the molecule is CCCCC(CC)CC1(CC(CC)CCCC)c2cc(-c3c(N)cc(-c4ccc(-c5cccs5)s4)c4nsnc34)sc2-c2sc(-c3c(N)cc(-c4ccc(-c5cccs5)s4)c4nsnc34)cc21. The molecule has 10 aromatic rings. The Balaban J connectivity index is 1.08. The fourth-order valence-electron chi connectivity index (χ4n) is 10.5. The van der Waals surface area contributed by atoms with Crippen LogP contribution in [0.25, 0.3) is 93.1 Å². The summed E-state index contributed by atoms with van der Waals surface area (Å²) in [5.41, 5.74) is 26.6. The Morgan fingerprint density at radius 2 is 0.925 bits per heavy atom. The molecule has 0 radical (unpaired) electrons. The number of unbranched alkanes of at least 4 members (excludes halogenated alkanes) is 2. The lowest BCUT2D eigenvalue weighted by molar-refractivity contribution is 0.266. The molecule has 1 aliphatic rings. The van der Waals surface area contributed by atoms with Gasteiger partial charge in [-0.3, -0.25) is 0 Å². The highest BCUT2D eigenvalue weighted by molar-refractivity contribution is 7.26. The summed E-state index contributed by atoms with van der Waals surface area (Å²) in [7, 11) is 0. The molecule has 11 rings (SSSR count). The van der Waals surface area contributed by atoms with Crippen LogP contribution < -0.4 is 11.5 Å². The van der Waals surface area contributed by atoms with Gasteiger partial charge in [0, 0.05) is 87.8 Å². The summed E-state index contributed by atoms with van der Waals surface area (Å²) in [6, 6.07) is 26.8. The standard InChI is InChI=1S/C53H52N6S8/c1-5-9-13-29(7-3)27-53(28-30(8-4)14-10-6-2)33-25-43(45-35(54)23-31(47-49(45)58-66-56-47)37-17-19-41(62-37)39-15-11-21-60-39)64-51(33)52-34(53)26-44(65-52)46-36(55)24-32(48-50(46)59-67-57-48)38-18-20-42(63-38)40-16-12-22-61-40/h11-12,15-26,29-30H,5-10,13-14,27-28,54-55H2,1-4H3. The molecule has 6 nitrogen and oxygen atoms in total. The van der Waals surface area contributed by atoms with Crippen LogP contribution in [0.5, 0.6) is 0 Å². The third-order valence-electron chi connectivity index (χ3n) is 14.0. The van der Waals surface area contributed by atoms with Gasteiger partial charge < -0.3 is 11.5 Å². The fourth-order valence-corrected chi connectivity index (χ4v) is 18.2. The number of hydrogen-bond acceptors (Lipinski definition) is 14. The Morgan fingerprint density at radius 1 is 0.493 bits per heavy atom. The van der Waals surface area contributed by atoms with Gasteiger partial charge in [0.15, 0.2) is 0 Å². The van der Waals surface area contributed by atoms with E-state index in [-0.39, 0.29) is 5.41 Å². The molecule has 2 unspecified atom stereocenters. The van der Waals surface area contributed by atoms with Crippen molar-refractivity contribution in [3.05, 3.63) is 94.7 Å². The summed E-state index contributed by atoms with van der Waals surface area (Å²) in [6.45, 7) is 9.48. The Kier molecular flexibility index (Phi) is 12.9. The van der Waals surface area contributed by atoms with E-state index < -0.39 is 0 Å². The molecule has 4 N–H and O–H groups in total. The molecule has 14 heteroatoms. The van der Waals surface area contributed by atoms with Crippen molar-refractivity contribution < 1.29 is 0 Å². The highest BCUT2D eigenvalue weighted by atomic mass is 32.1. The quantitative estimate of drug-likeness (QED) is 0.0830. The first-order valence-corrected chi connectivity index (χ1v) is 30.0. The van der Waals surface area contributed by atoms with Crippen molar-refractivity contribution in [3.63, 3.8) is 0 Å². The maximum Gasteiger partial charge on any atom is 0.116 e. The molecule has 0 saturated heterocycles. The molecular formula is C53H52N6S8. The summed E-state index contributed by atoms with van der Waals surface area (Å²) in [6.07, 6.45) is 12.0. The summed E-state index contributed by atoms with van der Waals surface area (Å²) in [4.78, 5) is 12.5. The normalized spacial score (nSPS) is 14.1. The van der Waals surface area contributed by atoms with Crippen molar-refractivity contribution in [1.82, 2.24) is 17.5 Å². The van der Waals surface area contributed by atoms with Gasteiger partial charge in [-0.15, -0.1) is 68.0 Å². The van der Waals surface area contributed by atoms with Crippen LogP contribution in [0.3, 0.4) is 0 Å². The minimum atomic E-state index is -0.163. The summed E-state index contributed by atoms with van der Waals surface area (Å²) < 4.78 is 19.9. The van der Waals surface area contributed by atoms with Crippen molar-refractivity contribution in [2.45, 2.75) is 97.3 Å². The number of nitrogen functional groups attached to an aromatic ring is 2. The van der Waals surface area contributed by atoms with E-state index in [0.717, 1.165) is 78.3 Å². The molecule has 0 saturated carbocycles. The molecular weight excluding hydrogens is 977 g/mol. The molecule has 0 bridgehead atoms. The number of benzene rings is 2. The largest absolute Gasteiger partial charge is 0.398 e. The van der Waals surface area contributed by atoms with E-state index in [1.807, 2.05) is 22.7 Å². The number of aromatic nitrogens is 4. The molecule has 8 heterocycles. The summed E-state index contributed by atoms with van der Waals surface area (Å²) in [5.74, 6) is 1.20. The lowest BCUT2D eigenvalue weighted by Gasteiger charge is -2.37. The van der Waals surface area contributed by atoms with Crippen molar-refractivity contribution >= 4 is 125 Å². The molecule has 342 valence electrons. The van der Waals surface area contributed by atoms with Crippen LogP contribution in [0.15, 0.2) is 83.6 Å². The van der Waals surface area contributed by atoms with E-state index in [2.05, 4.69) is 111 Å². The predicted octanol–water partition coefficient (Wildman–Crippen LogP) is 18.7. The van der Waals surface area contributed by atoms with Crippen molar-refractivity contribution in [3.8, 4) is 71.0 Å². The van der Waals surface area contributed by atoms with Crippen LogP contribution in [-0.2, 0) is 5.41 Å². The van der Waals surface area contributed by atoms with Crippen molar-refractivity contribution in [1.29, 1.82) is 0 Å². The second kappa shape index (κ2) is 19.0. The second-order valence-corrected chi connectivity index (χ2v) is 25.2. The van der Waals surface area contributed by atoms with Crippen LogP contribution in [-0.4, -0.2) is 17.5 Å².